The molecule has 0 aliphatic heterocycles. The lowest BCUT2D eigenvalue weighted by atomic mass is 9.91. The maximum atomic E-state index is 12.2. The van der Waals surface area contributed by atoms with Crippen LogP contribution >= 0.6 is 0 Å². The van der Waals surface area contributed by atoms with E-state index < -0.39 is 0 Å². The molecular formula is C18H24N2O. The summed E-state index contributed by atoms with van der Waals surface area (Å²) in [6.07, 6.45) is 1.97. The highest BCUT2D eigenvalue weighted by Gasteiger charge is 2.15. The van der Waals surface area contributed by atoms with Gasteiger partial charge in [-0.2, -0.15) is 0 Å². The van der Waals surface area contributed by atoms with E-state index in [2.05, 4.69) is 18.8 Å². The molecule has 112 valence electrons. The van der Waals surface area contributed by atoms with Gasteiger partial charge in [0, 0.05) is 23.9 Å². The zero-order valence-corrected chi connectivity index (χ0v) is 12.9. The topological polar surface area (TPSA) is 56.0 Å². The van der Waals surface area contributed by atoms with Crippen molar-refractivity contribution in [2.45, 2.75) is 33.1 Å². The SMILES string of the molecule is CC(C)CC(CN)CC(=O)Cc1ccc2ccccc2n1. The predicted octanol–water partition coefficient (Wildman–Crippen LogP) is 3.36. The van der Waals surface area contributed by atoms with Gasteiger partial charge in [-0.05, 0) is 36.9 Å². The van der Waals surface area contributed by atoms with Crippen LogP contribution in [0.3, 0.4) is 0 Å². The van der Waals surface area contributed by atoms with Gasteiger partial charge in [0.2, 0.25) is 0 Å². The Bertz CT molecular complexity index is 607. The maximum Gasteiger partial charge on any atom is 0.139 e. The molecule has 0 spiro atoms. The lowest BCUT2D eigenvalue weighted by molar-refractivity contribution is -0.119. The summed E-state index contributed by atoms with van der Waals surface area (Å²) in [6, 6.07) is 11.9. The van der Waals surface area contributed by atoms with Gasteiger partial charge >= 0.3 is 0 Å². The maximum absolute atomic E-state index is 12.2. The molecule has 0 aliphatic carbocycles. The third-order valence-corrected chi connectivity index (χ3v) is 3.69. The number of pyridine rings is 1. The molecule has 0 saturated carbocycles. The van der Waals surface area contributed by atoms with E-state index >= 15 is 0 Å². The fourth-order valence-corrected chi connectivity index (χ4v) is 2.73. The van der Waals surface area contributed by atoms with Crippen LogP contribution in [0.25, 0.3) is 10.9 Å². The Morgan fingerprint density at radius 1 is 1.19 bits per heavy atom. The number of carbonyl (C=O) groups is 1. The first-order valence-electron chi connectivity index (χ1n) is 7.65. The molecule has 2 aromatic rings. The minimum absolute atomic E-state index is 0.230. The Labute approximate surface area is 126 Å². The molecule has 0 amide bonds. The summed E-state index contributed by atoms with van der Waals surface area (Å²) in [4.78, 5) is 16.8. The van der Waals surface area contributed by atoms with Crippen LogP contribution in [0.1, 0.15) is 32.4 Å². The largest absolute Gasteiger partial charge is 0.330 e. The van der Waals surface area contributed by atoms with Crippen LogP contribution in [-0.4, -0.2) is 17.3 Å². The molecule has 2 N–H and O–H groups in total. The van der Waals surface area contributed by atoms with E-state index in [1.54, 1.807) is 0 Å². The number of carbonyl (C=O) groups excluding carboxylic acids is 1. The van der Waals surface area contributed by atoms with Crippen molar-refractivity contribution in [1.29, 1.82) is 0 Å². The molecule has 1 aromatic carbocycles. The van der Waals surface area contributed by atoms with Gasteiger partial charge in [0.05, 0.1) is 5.52 Å². The van der Waals surface area contributed by atoms with Crippen molar-refractivity contribution in [3.05, 3.63) is 42.1 Å². The van der Waals surface area contributed by atoms with Crippen molar-refractivity contribution in [2.24, 2.45) is 17.6 Å². The van der Waals surface area contributed by atoms with Gasteiger partial charge in [0.25, 0.3) is 0 Å². The minimum atomic E-state index is 0.230. The number of hydrogen-bond donors (Lipinski definition) is 1. The number of fused-ring (bicyclic) bond motifs is 1. The first-order chi connectivity index (χ1) is 10.1. The molecule has 1 unspecified atom stereocenters. The molecule has 0 bridgehead atoms. The molecule has 1 atom stereocenters. The molecule has 0 saturated heterocycles. The Balaban J connectivity index is 2.00. The number of aromatic nitrogens is 1. The minimum Gasteiger partial charge on any atom is -0.330 e. The average molecular weight is 284 g/mol. The summed E-state index contributed by atoms with van der Waals surface area (Å²) in [7, 11) is 0. The Morgan fingerprint density at radius 3 is 2.67 bits per heavy atom. The van der Waals surface area contributed by atoms with E-state index in [-0.39, 0.29) is 11.7 Å². The Hall–Kier alpha value is -1.74. The lowest BCUT2D eigenvalue weighted by Crippen LogP contribution is -2.21. The molecule has 0 radical (unpaired) electrons. The van der Waals surface area contributed by atoms with Crippen LogP contribution in [-0.2, 0) is 11.2 Å². The zero-order valence-electron chi connectivity index (χ0n) is 12.9. The van der Waals surface area contributed by atoms with Crippen LogP contribution in [0, 0.1) is 11.8 Å². The summed E-state index contributed by atoms with van der Waals surface area (Å²) < 4.78 is 0. The zero-order chi connectivity index (χ0) is 15.2. The van der Waals surface area contributed by atoms with Gasteiger partial charge in [-0.25, -0.2) is 0 Å². The van der Waals surface area contributed by atoms with Gasteiger partial charge < -0.3 is 5.73 Å². The second kappa shape index (κ2) is 7.32. The van der Waals surface area contributed by atoms with E-state index in [1.165, 1.54) is 0 Å². The normalized spacial score (nSPS) is 12.8. The van der Waals surface area contributed by atoms with Gasteiger partial charge in [0.1, 0.15) is 5.78 Å². The van der Waals surface area contributed by atoms with Crippen LogP contribution in [0.5, 0.6) is 0 Å². The Kier molecular flexibility index (Phi) is 5.45. The van der Waals surface area contributed by atoms with E-state index in [0.717, 1.165) is 23.0 Å². The molecule has 1 aromatic heterocycles. The van der Waals surface area contributed by atoms with Gasteiger partial charge in [-0.15, -0.1) is 0 Å². The number of nitrogens with zero attached hydrogens (tertiary/aromatic N) is 1. The van der Waals surface area contributed by atoms with Crippen molar-refractivity contribution in [1.82, 2.24) is 4.98 Å². The van der Waals surface area contributed by atoms with Crippen LogP contribution in [0.15, 0.2) is 36.4 Å². The van der Waals surface area contributed by atoms with Gasteiger partial charge in [0.15, 0.2) is 0 Å². The van der Waals surface area contributed by atoms with Crippen molar-refractivity contribution >= 4 is 16.7 Å². The molecule has 2 rings (SSSR count). The summed E-state index contributed by atoms with van der Waals surface area (Å²) in [5, 5.41) is 1.10. The van der Waals surface area contributed by atoms with Crippen LogP contribution in [0.4, 0.5) is 0 Å². The molecule has 1 heterocycles. The highest BCUT2D eigenvalue weighted by Crippen LogP contribution is 2.17. The quantitative estimate of drug-likeness (QED) is 0.848. The fourth-order valence-electron chi connectivity index (χ4n) is 2.73. The number of rotatable bonds is 7. The monoisotopic (exact) mass is 284 g/mol. The highest BCUT2D eigenvalue weighted by molar-refractivity contribution is 5.83. The second-order valence-electron chi connectivity index (χ2n) is 6.15. The number of para-hydroxylation sites is 1. The predicted molar refractivity (Wildman–Crippen MR) is 87.1 cm³/mol. The fraction of sp³-hybridized carbons (Fsp3) is 0.444. The van der Waals surface area contributed by atoms with E-state index in [0.29, 0.717) is 25.3 Å². The van der Waals surface area contributed by atoms with E-state index in [1.807, 2.05) is 36.4 Å². The van der Waals surface area contributed by atoms with Gasteiger partial charge in [-0.3, -0.25) is 9.78 Å². The van der Waals surface area contributed by atoms with Crippen molar-refractivity contribution in [2.75, 3.05) is 6.54 Å². The third-order valence-electron chi connectivity index (χ3n) is 3.69. The van der Waals surface area contributed by atoms with E-state index in [9.17, 15) is 4.79 Å². The average Bonchev–Trinajstić information content (AvgIpc) is 2.45. The molecule has 3 nitrogen and oxygen atoms in total. The number of Topliss-reactive ketones (excluding diaryl/α,β-unsaturated/α-hetero) is 1. The molecule has 21 heavy (non-hydrogen) atoms. The number of benzene rings is 1. The van der Waals surface area contributed by atoms with E-state index in [4.69, 9.17) is 5.73 Å². The van der Waals surface area contributed by atoms with Crippen molar-refractivity contribution in [3.8, 4) is 0 Å². The smallest absolute Gasteiger partial charge is 0.139 e. The second-order valence-corrected chi connectivity index (χ2v) is 6.15. The van der Waals surface area contributed by atoms with Crippen LogP contribution in [0.2, 0.25) is 0 Å². The van der Waals surface area contributed by atoms with Crippen molar-refractivity contribution < 1.29 is 4.79 Å². The first-order valence-corrected chi connectivity index (χ1v) is 7.65. The standard InChI is InChI=1S/C18H24N2O/c1-13(2)9-14(12-19)10-17(21)11-16-8-7-15-5-3-4-6-18(15)20-16/h3-8,13-14H,9-12,19H2,1-2H3. The number of hydrogen-bond acceptors (Lipinski definition) is 3. The molecule has 3 heteroatoms. The Morgan fingerprint density at radius 2 is 1.95 bits per heavy atom. The number of nitrogens with two attached hydrogens (primary N) is 1. The molecular weight excluding hydrogens is 260 g/mol. The lowest BCUT2D eigenvalue weighted by Gasteiger charge is -2.16. The molecule has 0 aliphatic rings. The van der Waals surface area contributed by atoms with Gasteiger partial charge in [-0.1, -0.05) is 38.1 Å². The summed E-state index contributed by atoms with van der Waals surface area (Å²) in [5.74, 6) is 1.09. The summed E-state index contributed by atoms with van der Waals surface area (Å²) >= 11 is 0. The number of ketones is 1. The summed E-state index contributed by atoms with van der Waals surface area (Å²) in [5.41, 5.74) is 7.56. The van der Waals surface area contributed by atoms with Crippen LogP contribution < -0.4 is 5.73 Å². The van der Waals surface area contributed by atoms with Crippen molar-refractivity contribution in [3.63, 3.8) is 0 Å². The highest BCUT2D eigenvalue weighted by atomic mass is 16.1. The first kappa shape index (κ1) is 15.6. The third kappa shape index (κ3) is 4.64. The molecule has 0 fully saturated rings. The summed E-state index contributed by atoms with van der Waals surface area (Å²) in [6.45, 7) is 4.91.